The highest BCUT2D eigenvalue weighted by Crippen LogP contribution is 2.25. The van der Waals surface area contributed by atoms with Gasteiger partial charge in [0, 0.05) is 15.7 Å². The molecule has 0 bridgehead atoms. The minimum atomic E-state index is 0.227. The molecule has 1 atom stereocenters. The quantitative estimate of drug-likeness (QED) is 0.830. The van der Waals surface area contributed by atoms with Crippen LogP contribution in [0.5, 0.6) is 0 Å². The normalized spacial score (nSPS) is 12.6. The summed E-state index contributed by atoms with van der Waals surface area (Å²) in [5, 5.41) is 4.01. The fourth-order valence-corrected chi connectivity index (χ4v) is 2.65. The molecule has 1 heterocycles. The molecule has 1 aromatic heterocycles. The molecule has 2 nitrogen and oxygen atoms in total. The maximum atomic E-state index is 5.85. The van der Waals surface area contributed by atoms with Gasteiger partial charge >= 0.3 is 0 Å². The summed E-state index contributed by atoms with van der Waals surface area (Å²) < 4.78 is 5.40. The summed E-state index contributed by atoms with van der Waals surface area (Å²) in [5.41, 5.74) is 0. The van der Waals surface area contributed by atoms with E-state index in [1.54, 1.807) is 18.0 Å². The van der Waals surface area contributed by atoms with Crippen LogP contribution in [0.1, 0.15) is 11.8 Å². The van der Waals surface area contributed by atoms with Gasteiger partial charge in [-0.2, -0.15) is 0 Å². The molecular formula is C13H14ClNOS. The Kier molecular flexibility index (Phi) is 4.54. The lowest BCUT2D eigenvalue weighted by molar-refractivity contribution is 0.453. The number of furan rings is 1. The Balaban J connectivity index is 1.94. The minimum Gasteiger partial charge on any atom is -0.468 e. The maximum absolute atomic E-state index is 5.85. The van der Waals surface area contributed by atoms with Gasteiger partial charge in [-0.1, -0.05) is 11.6 Å². The average Bonchev–Trinajstić information content (AvgIpc) is 2.86. The van der Waals surface area contributed by atoms with Gasteiger partial charge in [-0.15, -0.1) is 11.8 Å². The number of rotatable bonds is 5. The first-order valence-corrected chi connectivity index (χ1v) is 6.75. The first-order chi connectivity index (χ1) is 8.29. The average molecular weight is 268 g/mol. The van der Waals surface area contributed by atoms with Crippen LogP contribution in [0.3, 0.4) is 0 Å². The van der Waals surface area contributed by atoms with Crippen molar-refractivity contribution in [1.82, 2.24) is 5.32 Å². The van der Waals surface area contributed by atoms with Crippen LogP contribution >= 0.6 is 23.4 Å². The number of hydrogen-bond acceptors (Lipinski definition) is 3. The standard InChI is InChI=1S/C13H14ClNOS/c1-15-12(13-3-2-8-16-13)9-17-11-6-4-10(14)5-7-11/h2-8,12,15H,9H2,1H3. The summed E-state index contributed by atoms with van der Waals surface area (Å²) in [6, 6.07) is 12.0. The van der Waals surface area contributed by atoms with Crippen molar-refractivity contribution in [2.45, 2.75) is 10.9 Å². The number of nitrogens with one attached hydrogen (secondary N) is 1. The third-order valence-corrected chi connectivity index (χ3v) is 3.82. The second kappa shape index (κ2) is 6.15. The van der Waals surface area contributed by atoms with Crippen LogP contribution in [0, 0.1) is 0 Å². The second-order valence-electron chi connectivity index (χ2n) is 3.62. The highest BCUT2D eigenvalue weighted by molar-refractivity contribution is 7.99. The highest BCUT2D eigenvalue weighted by Gasteiger charge is 2.12. The predicted molar refractivity (Wildman–Crippen MR) is 72.7 cm³/mol. The predicted octanol–water partition coefficient (Wildman–Crippen LogP) is 3.99. The van der Waals surface area contributed by atoms with Gasteiger partial charge in [0.25, 0.3) is 0 Å². The van der Waals surface area contributed by atoms with Crippen molar-refractivity contribution >= 4 is 23.4 Å². The highest BCUT2D eigenvalue weighted by atomic mass is 35.5. The van der Waals surface area contributed by atoms with Crippen LogP contribution < -0.4 is 5.32 Å². The van der Waals surface area contributed by atoms with Crippen molar-refractivity contribution in [3.8, 4) is 0 Å². The summed E-state index contributed by atoms with van der Waals surface area (Å²) in [7, 11) is 1.94. The molecule has 0 fully saturated rings. The molecule has 0 spiro atoms. The Morgan fingerprint density at radius 2 is 2.06 bits per heavy atom. The number of hydrogen-bond donors (Lipinski definition) is 1. The number of benzene rings is 1. The largest absolute Gasteiger partial charge is 0.468 e. The first kappa shape index (κ1) is 12.6. The molecule has 0 amide bonds. The molecule has 1 unspecified atom stereocenters. The third-order valence-electron chi connectivity index (χ3n) is 2.47. The minimum absolute atomic E-state index is 0.227. The van der Waals surface area contributed by atoms with Gasteiger partial charge in [0.2, 0.25) is 0 Å². The zero-order valence-electron chi connectivity index (χ0n) is 9.52. The Bertz CT molecular complexity index is 441. The number of halogens is 1. The zero-order valence-corrected chi connectivity index (χ0v) is 11.1. The molecule has 90 valence electrons. The Labute approximate surface area is 110 Å². The van der Waals surface area contributed by atoms with Crippen molar-refractivity contribution in [3.63, 3.8) is 0 Å². The molecule has 0 aliphatic heterocycles. The summed E-state index contributed by atoms with van der Waals surface area (Å²) in [6.07, 6.45) is 1.70. The summed E-state index contributed by atoms with van der Waals surface area (Å²) >= 11 is 7.63. The van der Waals surface area contributed by atoms with Gasteiger partial charge in [0.1, 0.15) is 5.76 Å². The van der Waals surface area contributed by atoms with Gasteiger partial charge in [-0.05, 0) is 43.4 Å². The van der Waals surface area contributed by atoms with E-state index < -0.39 is 0 Å². The molecule has 0 aliphatic rings. The smallest absolute Gasteiger partial charge is 0.121 e. The summed E-state index contributed by atoms with van der Waals surface area (Å²) in [6.45, 7) is 0. The third kappa shape index (κ3) is 3.53. The van der Waals surface area contributed by atoms with E-state index in [-0.39, 0.29) is 6.04 Å². The summed E-state index contributed by atoms with van der Waals surface area (Å²) in [4.78, 5) is 1.21. The van der Waals surface area contributed by atoms with Gasteiger partial charge in [0.05, 0.1) is 12.3 Å². The Morgan fingerprint density at radius 3 is 2.65 bits per heavy atom. The van der Waals surface area contributed by atoms with Crippen molar-refractivity contribution < 1.29 is 4.42 Å². The Morgan fingerprint density at radius 1 is 1.29 bits per heavy atom. The van der Waals surface area contributed by atoms with Crippen LogP contribution in [-0.2, 0) is 0 Å². The molecule has 0 saturated carbocycles. The molecule has 17 heavy (non-hydrogen) atoms. The van der Waals surface area contributed by atoms with Crippen LogP contribution in [0.4, 0.5) is 0 Å². The first-order valence-electron chi connectivity index (χ1n) is 5.38. The van der Waals surface area contributed by atoms with E-state index in [9.17, 15) is 0 Å². The monoisotopic (exact) mass is 267 g/mol. The fourth-order valence-electron chi connectivity index (χ4n) is 1.51. The van der Waals surface area contributed by atoms with Crippen LogP contribution in [0.15, 0.2) is 52.0 Å². The summed E-state index contributed by atoms with van der Waals surface area (Å²) in [5.74, 6) is 1.89. The van der Waals surface area contributed by atoms with E-state index >= 15 is 0 Å². The van der Waals surface area contributed by atoms with Crippen molar-refractivity contribution in [3.05, 3.63) is 53.4 Å². The lowest BCUT2D eigenvalue weighted by Crippen LogP contribution is -2.17. The molecule has 2 rings (SSSR count). The van der Waals surface area contributed by atoms with Gasteiger partial charge in [0.15, 0.2) is 0 Å². The molecule has 2 aromatic rings. The van der Waals surface area contributed by atoms with Crippen LogP contribution in [-0.4, -0.2) is 12.8 Å². The van der Waals surface area contributed by atoms with Crippen LogP contribution in [0.25, 0.3) is 0 Å². The van der Waals surface area contributed by atoms with E-state index in [4.69, 9.17) is 16.0 Å². The van der Waals surface area contributed by atoms with Gasteiger partial charge in [-0.25, -0.2) is 0 Å². The SMILES string of the molecule is CNC(CSc1ccc(Cl)cc1)c1ccco1. The van der Waals surface area contributed by atoms with E-state index in [1.807, 2.05) is 43.4 Å². The lowest BCUT2D eigenvalue weighted by atomic mass is 10.2. The van der Waals surface area contributed by atoms with Crippen molar-refractivity contribution in [2.75, 3.05) is 12.8 Å². The number of thioether (sulfide) groups is 1. The maximum Gasteiger partial charge on any atom is 0.121 e. The van der Waals surface area contributed by atoms with Crippen molar-refractivity contribution in [2.24, 2.45) is 0 Å². The fraction of sp³-hybridized carbons (Fsp3) is 0.231. The molecule has 0 radical (unpaired) electrons. The van der Waals surface area contributed by atoms with Crippen LogP contribution in [0.2, 0.25) is 5.02 Å². The molecular weight excluding hydrogens is 254 g/mol. The van der Waals surface area contributed by atoms with Gasteiger partial charge < -0.3 is 9.73 Å². The van der Waals surface area contributed by atoms with Crippen molar-refractivity contribution in [1.29, 1.82) is 0 Å². The zero-order chi connectivity index (χ0) is 12.1. The molecule has 0 aliphatic carbocycles. The second-order valence-corrected chi connectivity index (χ2v) is 5.15. The van der Waals surface area contributed by atoms with Gasteiger partial charge in [-0.3, -0.25) is 0 Å². The lowest BCUT2D eigenvalue weighted by Gasteiger charge is -2.12. The topological polar surface area (TPSA) is 25.2 Å². The van der Waals surface area contributed by atoms with E-state index in [0.717, 1.165) is 16.5 Å². The molecule has 4 heteroatoms. The van der Waals surface area contributed by atoms with E-state index in [0.29, 0.717) is 0 Å². The van der Waals surface area contributed by atoms with E-state index in [2.05, 4.69) is 5.32 Å². The molecule has 0 saturated heterocycles. The molecule has 1 aromatic carbocycles. The Hall–Kier alpha value is -0.900. The molecule has 1 N–H and O–H groups in total. The van der Waals surface area contributed by atoms with E-state index in [1.165, 1.54) is 4.90 Å².